The summed E-state index contributed by atoms with van der Waals surface area (Å²) in [6, 6.07) is 3.39. The number of ether oxygens (including phenoxy) is 1. The van der Waals surface area contributed by atoms with E-state index >= 15 is 0 Å². The minimum absolute atomic E-state index is 0.362. The predicted molar refractivity (Wildman–Crippen MR) is 65.7 cm³/mol. The van der Waals surface area contributed by atoms with Crippen LogP contribution in [0.1, 0.15) is 23.2 Å². The fourth-order valence-electron chi connectivity index (χ4n) is 2.31. The molecule has 0 aliphatic carbocycles. The van der Waals surface area contributed by atoms with Crippen molar-refractivity contribution in [3.8, 4) is 0 Å². The van der Waals surface area contributed by atoms with Gasteiger partial charge in [0.1, 0.15) is 11.9 Å². The Balaban J connectivity index is 2.33. The first-order valence-corrected chi connectivity index (χ1v) is 5.92. The van der Waals surface area contributed by atoms with Crippen molar-refractivity contribution in [2.45, 2.75) is 18.9 Å². The molecule has 0 spiro atoms. The minimum Gasteiger partial charge on any atom is -0.478 e. The number of halogens is 1. The average molecular weight is 267 g/mol. The summed E-state index contributed by atoms with van der Waals surface area (Å²) in [5, 5.41) is 8.90. The van der Waals surface area contributed by atoms with Gasteiger partial charge in [0.2, 0.25) is 0 Å². The Morgan fingerprint density at radius 3 is 2.84 bits per heavy atom. The number of methoxy groups -OCH3 is 1. The quantitative estimate of drug-likeness (QED) is 0.844. The van der Waals surface area contributed by atoms with Crippen molar-refractivity contribution in [1.29, 1.82) is 0 Å². The maximum absolute atomic E-state index is 13.3. The van der Waals surface area contributed by atoms with Crippen LogP contribution in [0.15, 0.2) is 18.2 Å². The zero-order chi connectivity index (χ0) is 14.0. The van der Waals surface area contributed by atoms with Gasteiger partial charge in [0, 0.05) is 12.2 Å². The Morgan fingerprint density at radius 2 is 2.21 bits per heavy atom. The lowest BCUT2D eigenvalue weighted by molar-refractivity contribution is -0.141. The molecule has 0 radical (unpaired) electrons. The smallest absolute Gasteiger partial charge is 0.338 e. The van der Waals surface area contributed by atoms with Crippen LogP contribution in [0.2, 0.25) is 0 Å². The monoisotopic (exact) mass is 267 g/mol. The zero-order valence-electron chi connectivity index (χ0n) is 10.4. The number of benzene rings is 1. The summed E-state index contributed by atoms with van der Waals surface area (Å²) in [7, 11) is 1.31. The van der Waals surface area contributed by atoms with Crippen LogP contribution in [0.4, 0.5) is 10.1 Å². The first-order valence-electron chi connectivity index (χ1n) is 5.92. The number of carboxylic acids is 1. The number of carbonyl (C=O) groups excluding carboxylic acids is 1. The van der Waals surface area contributed by atoms with E-state index in [2.05, 4.69) is 0 Å². The molecule has 1 aliphatic heterocycles. The Bertz CT molecular complexity index is 517. The Labute approximate surface area is 109 Å². The number of esters is 1. The lowest BCUT2D eigenvalue weighted by Gasteiger charge is -2.25. The molecule has 1 unspecified atom stereocenters. The predicted octanol–water partition coefficient (Wildman–Crippen LogP) is 1.67. The van der Waals surface area contributed by atoms with Crippen LogP contribution in [0.5, 0.6) is 0 Å². The molecule has 2 rings (SSSR count). The van der Waals surface area contributed by atoms with Crippen LogP contribution in [0.25, 0.3) is 0 Å². The Morgan fingerprint density at radius 1 is 1.47 bits per heavy atom. The summed E-state index contributed by atoms with van der Waals surface area (Å²) in [5.74, 6) is -2.48. The second-order valence-electron chi connectivity index (χ2n) is 4.34. The van der Waals surface area contributed by atoms with Crippen LogP contribution in [0, 0.1) is 5.82 Å². The van der Waals surface area contributed by atoms with E-state index in [1.807, 2.05) is 0 Å². The van der Waals surface area contributed by atoms with Gasteiger partial charge in [0.15, 0.2) is 0 Å². The molecule has 0 aromatic heterocycles. The molecule has 1 aliphatic rings. The van der Waals surface area contributed by atoms with E-state index in [4.69, 9.17) is 9.84 Å². The maximum Gasteiger partial charge on any atom is 0.338 e. The van der Waals surface area contributed by atoms with Gasteiger partial charge in [-0.25, -0.2) is 14.0 Å². The van der Waals surface area contributed by atoms with Crippen LogP contribution >= 0.6 is 0 Å². The summed E-state index contributed by atoms with van der Waals surface area (Å²) in [5.41, 5.74) is 0.125. The SMILES string of the molecule is COC(=O)C1CCCN1c1ccc(F)c(C(=O)O)c1. The first-order chi connectivity index (χ1) is 9.04. The highest BCUT2D eigenvalue weighted by Crippen LogP contribution is 2.27. The number of carboxylic acid groups (broad SMARTS) is 1. The normalized spacial score (nSPS) is 18.4. The van der Waals surface area contributed by atoms with Crippen molar-refractivity contribution in [2.75, 3.05) is 18.6 Å². The Kier molecular flexibility index (Phi) is 3.69. The van der Waals surface area contributed by atoms with Crippen LogP contribution in [-0.2, 0) is 9.53 Å². The molecule has 1 N–H and O–H groups in total. The van der Waals surface area contributed by atoms with E-state index in [0.717, 1.165) is 12.5 Å². The third kappa shape index (κ3) is 2.52. The molecule has 102 valence electrons. The van der Waals surface area contributed by atoms with Gasteiger partial charge in [-0.05, 0) is 31.0 Å². The summed E-state index contributed by atoms with van der Waals surface area (Å²) in [6.45, 7) is 0.616. The fourth-order valence-corrected chi connectivity index (χ4v) is 2.31. The first kappa shape index (κ1) is 13.3. The highest BCUT2D eigenvalue weighted by atomic mass is 19.1. The fraction of sp³-hybridized carbons (Fsp3) is 0.385. The number of hydrogen-bond donors (Lipinski definition) is 1. The van der Waals surface area contributed by atoms with Crippen molar-refractivity contribution in [1.82, 2.24) is 0 Å². The molecule has 0 amide bonds. The molecule has 1 aromatic carbocycles. The van der Waals surface area contributed by atoms with Crippen molar-refractivity contribution >= 4 is 17.6 Å². The minimum atomic E-state index is -1.33. The van der Waals surface area contributed by atoms with Gasteiger partial charge in [0.25, 0.3) is 0 Å². The molecule has 0 saturated carbocycles. The number of hydrogen-bond acceptors (Lipinski definition) is 4. The number of anilines is 1. The summed E-state index contributed by atoms with van der Waals surface area (Å²) in [4.78, 5) is 24.3. The third-order valence-corrected chi connectivity index (χ3v) is 3.24. The van der Waals surface area contributed by atoms with Crippen LogP contribution in [-0.4, -0.2) is 36.7 Å². The molecular formula is C13H14FNO4. The molecule has 19 heavy (non-hydrogen) atoms. The summed E-state index contributed by atoms with van der Waals surface area (Å²) < 4.78 is 18.1. The molecule has 1 aromatic rings. The van der Waals surface area contributed by atoms with Gasteiger partial charge in [-0.3, -0.25) is 0 Å². The largest absolute Gasteiger partial charge is 0.478 e. The number of nitrogens with zero attached hydrogens (tertiary/aromatic N) is 1. The van der Waals surface area contributed by atoms with Crippen molar-refractivity contribution in [3.63, 3.8) is 0 Å². The number of aromatic carboxylic acids is 1. The lowest BCUT2D eigenvalue weighted by Crippen LogP contribution is -2.37. The second kappa shape index (κ2) is 5.26. The molecule has 5 nitrogen and oxygen atoms in total. The Hall–Kier alpha value is -2.11. The molecule has 0 bridgehead atoms. The zero-order valence-corrected chi connectivity index (χ0v) is 10.4. The van der Waals surface area contributed by atoms with Gasteiger partial charge in [0.05, 0.1) is 12.7 Å². The third-order valence-electron chi connectivity index (χ3n) is 3.24. The van der Waals surface area contributed by atoms with Gasteiger partial charge in [-0.2, -0.15) is 0 Å². The van der Waals surface area contributed by atoms with Crippen molar-refractivity contribution in [2.24, 2.45) is 0 Å². The van der Waals surface area contributed by atoms with Crippen LogP contribution in [0.3, 0.4) is 0 Å². The summed E-state index contributed by atoms with van der Waals surface area (Å²) in [6.07, 6.45) is 1.45. The number of rotatable bonds is 3. The van der Waals surface area contributed by atoms with E-state index in [1.54, 1.807) is 4.90 Å². The van der Waals surface area contributed by atoms with Gasteiger partial charge in [-0.1, -0.05) is 0 Å². The highest BCUT2D eigenvalue weighted by Gasteiger charge is 2.32. The lowest BCUT2D eigenvalue weighted by atomic mass is 10.1. The molecule has 1 fully saturated rings. The van der Waals surface area contributed by atoms with Crippen molar-refractivity contribution in [3.05, 3.63) is 29.6 Å². The topological polar surface area (TPSA) is 66.8 Å². The van der Waals surface area contributed by atoms with Gasteiger partial charge >= 0.3 is 11.9 Å². The molecule has 1 saturated heterocycles. The maximum atomic E-state index is 13.3. The summed E-state index contributed by atoms with van der Waals surface area (Å²) >= 11 is 0. The van der Waals surface area contributed by atoms with Gasteiger partial charge in [-0.15, -0.1) is 0 Å². The molecule has 1 atom stereocenters. The van der Waals surface area contributed by atoms with Crippen molar-refractivity contribution < 1.29 is 23.8 Å². The average Bonchev–Trinajstić information content (AvgIpc) is 2.87. The van der Waals surface area contributed by atoms with E-state index in [-0.39, 0.29) is 5.97 Å². The van der Waals surface area contributed by atoms with E-state index in [9.17, 15) is 14.0 Å². The van der Waals surface area contributed by atoms with Gasteiger partial charge < -0.3 is 14.7 Å². The second-order valence-corrected chi connectivity index (χ2v) is 4.34. The van der Waals surface area contributed by atoms with E-state index < -0.39 is 23.4 Å². The van der Waals surface area contributed by atoms with Crippen LogP contribution < -0.4 is 4.90 Å². The van der Waals surface area contributed by atoms with E-state index in [0.29, 0.717) is 18.7 Å². The number of carbonyl (C=O) groups is 2. The standard InChI is InChI=1S/C13H14FNO4/c1-19-13(18)11-3-2-6-15(11)8-4-5-10(14)9(7-8)12(16)17/h4-5,7,11H,2-3,6H2,1H3,(H,16,17). The molecule has 6 heteroatoms. The molecule has 1 heterocycles. The molecular weight excluding hydrogens is 253 g/mol. The highest BCUT2D eigenvalue weighted by molar-refractivity contribution is 5.90. The van der Waals surface area contributed by atoms with E-state index in [1.165, 1.54) is 19.2 Å².